The highest BCUT2D eigenvalue weighted by Gasteiger charge is 2.17. The van der Waals surface area contributed by atoms with Gasteiger partial charge in [-0.05, 0) is 25.0 Å². The Morgan fingerprint density at radius 2 is 2.35 bits per heavy atom. The molecular weight excluding hydrogens is 238 g/mol. The Kier molecular flexibility index (Phi) is 5.38. The van der Waals surface area contributed by atoms with E-state index in [9.17, 15) is 4.79 Å². The Balaban J connectivity index is 2.76. The van der Waals surface area contributed by atoms with Crippen molar-refractivity contribution in [2.75, 3.05) is 11.9 Å². The second-order valence-electron chi connectivity index (χ2n) is 4.06. The summed E-state index contributed by atoms with van der Waals surface area (Å²) in [7, 11) is 0. The number of nitrogens with one attached hydrogen (secondary N) is 1. The van der Waals surface area contributed by atoms with Gasteiger partial charge in [-0.25, -0.2) is 4.98 Å². The van der Waals surface area contributed by atoms with Gasteiger partial charge in [0.15, 0.2) is 5.15 Å². The van der Waals surface area contributed by atoms with Crippen molar-refractivity contribution < 1.29 is 4.79 Å². The Morgan fingerprint density at radius 1 is 1.65 bits per heavy atom. The summed E-state index contributed by atoms with van der Waals surface area (Å²) in [6.45, 7) is 4.26. The average Bonchev–Trinajstić information content (AvgIpc) is 2.30. The molecule has 5 heteroatoms. The Hall–Kier alpha value is -1.13. The molecule has 1 aromatic heterocycles. The smallest absolute Gasteiger partial charge is 0.228 e. The van der Waals surface area contributed by atoms with Crippen LogP contribution in [0.15, 0.2) is 12.3 Å². The second-order valence-corrected chi connectivity index (χ2v) is 4.42. The molecule has 0 aliphatic heterocycles. The van der Waals surface area contributed by atoms with Crippen molar-refractivity contribution in [2.24, 2.45) is 11.7 Å². The molecule has 0 aliphatic rings. The zero-order valence-electron chi connectivity index (χ0n) is 10.2. The fraction of sp³-hybridized carbons (Fsp3) is 0.500. The van der Waals surface area contributed by atoms with Crippen LogP contribution in [-0.4, -0.2) is 17.4 Å². The van der Waals surface area contributed by atoms with Crippen LogP contribution in [0.3, 0.4) is 0 Å². The second kappa shape index (κ2) is 6.57. The van der Waals surface area contributed by atoms with Crippen molar-refractivity contribution in [1.82, 2.24) is 4.98 Å². The number of halogens is 1. The standard InChI is InChI=1S/C12H18ClN3O/c1-3-4-9(6-14)12(17)16-10-5-8(2)7-15-11(10)13/h5,7,9H,3-4,6,14H2,1-2H3,(H,16,17). The highest BCUT2D eigenvalue weighted by Crippen LogP contribution is 2.21. The zero-order valence-corrected chi connectivity index (χ0v) is 10.9. The number of hydrogen-bond acceptors (Lipinski definition) is 3. The van der Waals surface area contributed by atoms with E-state index in [1.54, 1.807) is 12.3 Å². The maximum absolute atomic E-state index is 11.9. The van der Waals surface area contributed by atoms with E-state index in [0.717, 1.165) is 18.4 Å². The van der Waals surface area contributed by atoms with E-state index in [1.165, 1.54) is 0 Å². The number of amides is 1. The number of hydrogen-bond donors (Lipinski definition) is 2. The van der Waals surface area contributed by atoms with Gasteiger partial charge in [0.05, 0.1) is 11.6 Å². The van der Waals surface area contributed by atoms with Crippen LogP contribution in [0.1, 0.15) is 25.3 Å². The van der Waals surface area contributed by atoms with Crippen LogP contribution in [0.25, 0.3) is 0 Å². The maximum Gasteiger partial charge on any atom is 0.228 e. The lowest BCUT2D eigenvalue weighted by atomic mass is 10.0. The lowest BCUT2D eigenvalue weighted by Gasteiger charge is -2.14. The SMILES string of the molecule is CCCC(CN)C(=O)Nc1cc(C)cnc1Cl. The molecule has 1 atom stereocenters. The largest absolute Gasteiger partial charge is 0.330 e. The minimum atomic E-state index is -0.170. The molecule has 94 valence electrons. The highest BCUT2D eigenvalue weighted by atomic mass is 35.5. The van der Waals surface area contributed by atoms with Crippen molar-refractivity contribution in [1.29, 1.82) is 0 Å². The van der Waals surface area contributed by atoms with Crippen LogP contribution >= 0.6 is 11.6 Å². The lowest BCUT2D eigenvalue weighted by molar-refractivity contribution is -0.119. The monoisotopic (exact) mass is 255 g/mol. The fourth-order valence-electron chi connectivity index (χ4n) is 1.58. The summed E-state index contributed by atoms with van der Waals surface area (Å²) >= 11 is 5.91. The van der Waals surface area contributed by atoms with Gasteiger partial charge in [0.1, 0.15) is 0 Å². The first-order valence-corrected chi connectivity index (χ1v) is 6.09. The molecule has 0 radical (unpaired) electrons. The molecule has 1 rings (SSSR count). The van der Waals surface area contributed by atoms with Crippen LogP contribution < -0.4 is 11.1 Å². The summed E-state index contributed by atoms with van der Waals surface area (Å²) < 4.78 is 0. The number of nitrogens with zero attached hydrogens (tertiary/aromatic N) is 1. The Labute approximate surface area is 107 Å². The Bertz CT molecular complexity index is 395. The van der Waals surface area contributed by atoms with E-state index >= 15 is 0 Å². The summed E-state index contributed by atoms with van der Waals surface area (Å²) in [5.41, 5.74) is 7.07. The van der Waals surface area contributed by atoms with Gasteiger partial charge < -0.3 is 11.1 Å². The first-order chi connectivity index (χ1) is 8.08. The highest BCUT2D eigenvalue weighted by molar-refractivity contribution is 6.32. The molecule has 1 amide bonds. The molecular formula is C12H18ClN3O. The first kappa shape index (κ1) is 13.9. The summed E-state index contributed by atoms with van der Waals surface area (Å²) in [4.78, 5) is 15.9. The topological polar surface area (TPSA) is 68.0 Å². The molecule has 0 saturated carbocycles. The fourth-order valence-corrected chi connectivity index (χ4v) is 1.73. The molecule has 17 heavy (non-hydrogen) atoms. The molecule has 1 heterocycles. The maximum atomic E-state index is 11.9. The molecule has 1 aromatic rings. The Morgan fingerprint density at radius 3 is 2.94 bits per heavy atom. The minimum Gasteiger partial charge on any atom is -0.330 e. The number of carbonyl (C=O) groups is 1. The van der Waals surface area contributed by atoms with Crippen molar-refractivity contribution >= 4 is 23.2 Å². The molecule has 0 aliphatic carbocycles. The summed E-state index contributed by atoms with van der Waals surface area (Å²) in [6, 6.07) is 1.80. The van der Waals surface area contributed by atoms with Crippen LogP contribution in [0, 0.1) is 12.8 Å². The molecule has 0 bridgehead atoms. The quantitative estimate of drug-likeness (QED) is 0.794. The van der Waals surface area contributed by atoms with E-state index in [-0.39, 0.29) is 11.8 Å². The number of rotatable bonds is 5. The first-order valence-electron chi connectivity index (χ1n) is 5.71. The summed E-state index contributed by atoms with van der Waals surface area (Å²) in [6.07, 6.45) is 3.36. The van der Waals surface area contributed by atoms with Crippen molar-refractivity contribution in [3.8, 4) is 0 Å². The summed E-state index contributed by atoms with van der Waals surface area (Å²) in [5.74, 6) is -0.264. The molecule has 0 saturated heterocycles. The number of pyridine rings is 1. The molecule has 3 N–H and O–H groups in total. The van der Waals surface area contributed by atoms with Crippen molar-refractivity contribution in [3.63, 3.8) is 0 Å². The van der Waals surface area contributed by atoms with Gasteiger partial charge in [-0.15, -0.1) is 0 Å². The summed E-state index contributed by atoms with van der Waals surface area (Å²) in [5, 5.41) is 3.08. The van der Waals surface area contributed by atoms with Gasteiger partial charge in [0, 0.05) is 12.7 Å². The predicted octanol–water partition coefficient (Wildman–Crippen LogP) is 2.36. The number of anilines is 1. The molecule has 0 aromatic carbocycles. The van der Waals surface area contributed by atoms with Gasteiger partial charge in [0.2, 0.25) is 5.91 Å². The van der Waals surface area contributed by atoms with Gasteiger partial charge >= 0.3 is 0 Å². The minimum absolute atomic E-state index is 0.0938. The third kappa shape index (κ3) is 3.98. The van der Waals surface area contributed by atoms with E-state index < -0.39 is 0 Å². The lowest BCUT2D eigenvalue weighted by Crippen LogP contribution is -2.29. The van der Waals surface area contributed by atoms with E-state index in [1.807, 2.05) is 13.8 Å². The third-order valence-corrected chi connectivity index (χ3v) is 2.83. The number of carbonyl (C=O) groups excluding carboxylic acids is 1. The van der Waals surface area contributed by atoms with E-state index in [4.69, 9.17) is 17.3 Å². The van der Waals surface area contributed by atoms with Gasteiger partial charge in [0.25, 0.3) is 0 Å². The van der Waals surface area contributed by atoms with Gasteiger partial charge in [-0.1, -0.05) is 24.9 Å². The van der Waals surface area contributed by atoms with E-state index in [0.29, 0.717) is 17.4 Å². The average molecular weight is 256 g/mol. The number of nitrogens with two attached hydrogens (primary N) is 1. The normalized spacial score (nSPS) is 12.2. The van der Waals surface area contributed by atoms with Gasteiger partial charge in [-0.2, -0.15) is 0 Å². The van der Waals surface area contributed by atoms with Crippen LogP contribution in [0.5, 0.6) is 0 Å². The molecule has 1 unspecified atom stereocenters. The number of aromatic nitrogens is 1. The number of aryl methyl sites for hydroxylation is 1. The zero-order chi connectivity index (χ0) is 12.8. The van der Waals surface area contributed by atoms with Crippen molar-refractivity contribution in [2.45, 2.75) is 26.7 Å². The van der Waals surface area contributed by atoms with Crippen LogP contribution in [-0.2, 0) is 4.79 Å². The molecule has 0 fully saturated rings. The van der Waals surface area contributed by atoms with Gasteiger partial charge in [-0.3, -0.25) is 4.79 Å². The predicted molar refractivity (Wildman–Crippen MR) is 70.1 cm³/mol. The van der Waals surface area contributed by atoms with E-state index in [2.05, 4.69) is 10.3 Å². The molecule has 0 spiro atoms. The van der Waals surface area contributed by atoms with Crippen LogP contribution in [0.2, 0.25) is 5.15 Å². The van der Waals surface area contributed by atoms with Crippen LogP contribution in [0.4, 0.5) is 5.69 Å². The molecule has 4 nitrogen and oxygen atoms in total. The third-order valence-electron chi connectivity index (χ3n) is 2.53. The van der Waals surface area contributed by atoms with Crippen molar-refractivity contribution in [3.05, 3.63) is 23.0 Å².